The van der Waals surface area contributed by atoms with Gasteiger partial charge in [-0.05, 0) is 13.8 Å². The SMILES string of the molecule is CC(Br)S(=O)(=O)C(C)Br. The minimum atomic E-state index is -2.98. The van der Waals surface area contributed by atoms with Gasteiger partial charge in [0.05, 0.1) is 0 Å². The summed E-state index contributed by atoms with van der Waals surface area (Å²) in [6.45, 7) is 3.18. The van der Waals surface area contributed by atoms with Crippen molar-refractivity contribution in [3.05, 3.63) is 0 Å². The Hall–Kier alpha value is 0.910. The molecule has 0 radical (unpaired) electrons. The lowest BCUT2D eigenvalue weighted by atomic mass is 11.0. The zero-order valence-electron chi connectivity index (χ0n) is 5.14. The first kappa shape index (κ1) is 9.91. The van der Waals surface area contributed by atoms with Crippen LogP contribution in [0, 0.1) is 0 Å². The number of sulfone groups is 1. The van der Waals surface area contributed by atoms with Crippen molar-refractivity contribution >= 4 is 41.7 Å². The fourth-order valence-corrected chi connectivity index (χ4v) is 3.59. The average Bonchev–Trinajstić information content (AvgIpc) is 1.65. The van der Waals surface area contributed by atoms with Gasteiger partial charge in [-0.1, -0.05) is 31.9 Å². The topological polar surface area (TPSA) is 34.1 Å². The summed E-state index contributed by atoms with van der Waals surface area (Å²) in [6.07, 6.45) is 0. The molecular formula is C4H8Br2O2S. The second-order valence-corrected chi connectivity index (χ2v) is 8.23. The Bertz CT molecular complexity index is 157. The van der Waals surface area contributed by atoms with Crippen LogP contribution in [-0.2, 0) is 9.84 Å². The zero-order valence-corrected chi connectivity index (χ0v) is 9.12. The first-order valence-corrected chi connectivity index (χ1v) is 5.84. The maximum Gasteiger partial charge on any atom is 0.175 e. The van der Waals surface area contributed by atoms with E-state index in [2.05, 4.69) is 31.9 Å². The van der Waals surface area contributed by atoms with Crippen LogP contribution in [0.2, 0.25) is 0 Å². The van der Waals surface area contributed by atoms with Crippen molar-refractivity contribution in [2.45, 2.75) is 22.2 Å². The summed E-state index contributed by atoms with van der Waals surface area (Å²) >= 11 is 5.96. The number of rotatable bonds is 2. The third-order valence-electron chi connectivity index (χ3n) is 0.905. The molecule has 0 bridgehead atoms. The molecule has 0 aliphatic heterocycles. The van der Waals surface area contributed by atoms with E-state index in [1.54, 1.807) is 13.8 Å². The quantitative estimate of drug-likeness (QED) is 0.724. The van der Waals surface area contributed by atoms with Gasteiger partial charge in [-0.15, -0.1) is 0 Å². The summed E-state index contributed by atoms with van der Waals surface area (Å²) in [5.74, 6) is 0. The Kier molecular flexibility index (Phi) is 3.68. The van der Waals surface area contributed by atoms with Crippen molar-refractivity contribution in [1.29, 1.82) is 0 Å². The van der Waals surface area contributed by atoms with Crippen LogP contribution in [0.4, 0.5) is 0 Å². The summed E-state index contributed by atoms with van der Waals surface area (Å²) in [7, 11) is -2.98. The van der Waals surface area contributed by atoms with Gasteiger partial charge in [-0.3, -0.25) is 0 Å². The second-order valence-electron chi connectivity index (χ2n) is 1.68. The summed E-state index contributed by atoms with van der Waals surface area (Å²) < 4.78 is 20.9. The Morgan fingerprint density at radius 1 is 1.11 bits per heavy atom. The van der Waals surface area contributed by atoms with Gasteiger partial charge in [0.2, 0.25) is 0 Å². The van der Waals surface area contributed by atoms with Crippen LogP contribution in [0.5, 0.6) is 0 Å². The summed E-state index contributed by atoms with van der Waals surface area (Å²) in [5.41, 5.74) is 0. The van der Waals surface area contributed by atoms with E-state index in [4.69, 9.17) is 0 Å². The molecule has 9 heavy (non-hydrogen) atoms. The molecule has 0 amide bonds. The largest absolute Gasteiger partial charge is 0.227 e. The molecule has 5 heteroatoms. The van der Waals surface area contributed by atoms with Gasteiger partial charge in [0, 0.05) is 0 Å². The zero-order chi connectivity index (χ0) is 7.65. The van der Waals surface area contributed by atoms with E-state index in [1.807, 2.05) is 0 Å². The molecule has 56 valence electrons. The molecule has 2 nitrogen and oxygen atoms in total. The van der Waals surface area contributed by atoms with Gasteiger partial charge in [0.1, 0.15) is 8.32 Å². The minimum Gasteiger partial charge on any atom is -0.227 e. The number of hydrogen-bond donors (Lipinski definition) is 0. The van der Waals surface area contributed by atoms with Crippen LogP contribution in [-0.4, -0.2) is 16.7 Å². The highest BCUT2D eigenvalue weighted by Gasteiger charge is 2.22. The van der Waals surface area contributed by atoms with Gasteiger partial charge in [0.25, 0.3) is 0 Å². The minimum absolute atomic E-state index is 0.473. The Morgan fingerprint density at radius 2 is 1.33 bits per heavy atom. The van der Waals surface area contributed by atoms with Gasteiger partial charge in [0.15, 0.2) is 9.84 Å². The van der Waals surface area contributed by atoms with E-state index in [0.29, 0.717) is 0 Å². The molecule has 0 aromatic rings. The van der Waals surface area contributed by atoms with Crippen molar-refractivity contribution < 1.29 is 8.42 Å². The predicted octanol–water partition coefficient (Wildman–Crippen LogP) is 1.88. The average molecular weight is 280 g/mol. The molecule has 0 aliphatic carbocycles. The van der Waals surface area contributed by atoms with Crippen molar-refractivity contribution in [2.75, 3.05) is 0 Å². The molecule has 2 unspecified atom stereocenters. The first-order chi connectivity index (χ1) is 3.89. The highest BCUT2D eigenvalue weighted by molar-refractivity contribution is 9.13. The summed E-state index contributed by atoms with van der Waals surface area (Å²) in [5, 5.41) is 0. The number of alkyl halides is 2. The fraction of sp³-hybridized carbons (Fsp3) is 1.00. The predicted molar refractivity (Wildman–Crippen MR) is 45.7 cm³/mol. The van der Waals surface area contributed by atoms with E-state index < -0.39 is 18.2 Å². The molecule has 0 aromatic carbocycles. The lowest BCUT2D eigenvalue weighted by molar-refractivity contribution is 0.595. The van der Waals surface area contributed by atoms with Crippen LogP contribution < -0.4 is 0 Å². The van der Waals surface area contributed by atoms with Gasteiger partial charge in [-0.25, -0.2) is 8.42 Å². The number of hydrogen-bond acceptors (Lipinski definition) is 2. The van der Waals surface area contributed by atoms with Crippen molar-refractivity contribution in [3.8, 4) is 0 Å². The number of halogens is 2. The van der Waals surface area contributed by atoms with Gasteiger partial charge < -0.3 is 0 Å². The molecule has 0 fully saturated rings. The summed E-state index contributed by atoms with van der Waals surface area (Å²) in [6, 6.07) is 0. The van der Waals surface area contributed by atoms with Crippen molar-refractivity contribution in [2.24, 2.45) is 0 Å². The van der Waals surface area contributed by atoms with Gasteiger partial charge >= 0.3 is 0 Å². The van der Waals surface area contributed by atoms with E-state index in [-0.39, 0.29) is 0 Å². The molecule has 2 atom stereocenters. The van der Waals surface area contributed by atoms with Crippen molar-refractivity contribution in [1.82, 2.24) is 0 Å². The summed E-state index contributed by atoms with van der Waals surface area (Å²) in [4.78, 5) is 0. The third-order valence-corrected chi connectivity index (χ3v) is 5.84. The Morgan fingerprint density at radius 3 is 1.33 bits per heavy atom. The van der Waals surface area contributed by atoms with Crippen LogP contribution >= 0.6 is 31.9 Å². The molecule has 0 aliphatic rings. The Labute approximate surface area is 72.2 Å². The normalized spacial score (nSPS) is 19.1. The third kappa shape index (κ3) is 2.55. The maximum atomic E-state index is 10.9. The van der Waals surface area contributed by atoms with Crippen molar-refractivity contribution in [3.63, 3.8) is 0 Å². The van der Waals surface area contributed by atoms with Crippen LogP contribution in [0.1, 0.15) is 13.8 Å². The van der Waals surface area contributed by atoms with Crippen LogP contribution in [0.3, 0.4) is 0 Å². The monoisotopic (exact) mass is 278 g/mol. The Balaban J connectivity index is 4.42. The van der Waals surface area contributed by atoms with E-state index in [0.717, 1.165) is 0 Å². The molecule has 0 saturated heterocycles. The molecule has 0 spiro atoms. The molecule has 0 heterocycles. The highest BCUT2D eigenvalue weighted by atomic mass is 79.9. The van der Waals surface area contributed by atoms with Crippen LogP contribution in [0.25, 0.3) is 0 Å². The lowest BCUT2D eigenvalue weighted by Gasteiger charge is -2.06. The molecular weight excluding hydrogens is 272 g/mol. The smallest absolute Gasteiger partial charge is 0.175 e. The lowest BCUT2D eigenvalue weighted by Crippen LogP contribution is -2.18. The highest BCUT2D eigenvalue weighted by Crippen LogP contribution is 2.18. The van der Waals surface area contributed by atoms with E-state index >= 15 is 0 Å². The molecule has 0 rings (SSSR count). The molecule has 0 saturated carbocycles. The van der Waals surface area contributed by atoms with Crippen LogP contribution in [0.15, 0.2) is 0 Å². The maximum absolute atomic E-state index is 10.9. The van der Waals surface area contributed by atoms with E-state index in [1.165, 1.54) is 0 Å². The molecule has 0 aromatic heterocycles. The first-order valence-electron chi connectivity index (χ1n) is 2.40. The molecule has 0 N–H and O–H groups in total. The van der Waals surface area contributed by atoms with E-state index in [9.17, 15) is 8.42 Å². The standard InChI is InChI=1S/C4H8Br2O2S/c1-3(5)9(7,8)4(2)6/h3-4H,1-2H3. The van der Waals surface area contributed by atoms with Gasteiger partial charge in [-0.2, -0.15) is 0 Å². The second kappa shape index (κ2) is 3.34. The fourth-order valence-electron chi connectivity index (χ4n) is 0.258.